The van der Waals surface area contributed by atoms with E-state index in [1.807, 2.05) is 32.2 Å². The molecule has 100 valence electrons. The number of hydrogen-bond acceptors (Lipinski definition) is 5. The smallest absolute Gasteiger partial charge is 0.170 e. The fourth-order valence-corrected chi connectivity index (χ4v) is 3.72. The topological polar surface area (TPSA) is 64.5 Å². The van der Waals surface area contributed by atoms with Crippen LogP contribution in [0.25, 0.3) is 10.9 Å². The van der Waals surface area contributed by atoms with Crippen LogP contribution in [0.4, 0.5) is 5.69 Å². The summed E-state index contributed by atoms with van der Waals surface area (Å²) in [7, 11) is 0. The summed E-state index contributed by atoms with van der Waals surface area (Å²) in [6.45, 7) is 4.05. The monoisotopic (exact) mass is 300 g/mol. The fraction of sp³-hybridized carbons (Fsp3) is 0.143. The molecule has 0 bridgehead atoms. The lowest BCUT2D eigenvalue weighted by atomic mass is 10.1. The number of aryl methyl sites for hydroxylation is 2. The molecule has 0 radical (unpaired) electrons. The van der Waals surface area contributed by atoms with Crippen molar-refractivity contribution in [2.24, 2.45) is 0 Å². The number of H-pyrrole nitrogens is 1. The first kappa shape index (κ1) is 13.0. The van der Waals surface area contributed by atoms with Crippen molar-refractivity contribution >= 4 is 39.9 Å². The summed E-state index contributed by atoms with van der Waals surface area (Å²) >= 11 is 3.14. The van der Waals surface area contributed by atoms with E-state index in [-0.39, 0.29) is 0 Å². The first-order valence-corrected chi connectivity index (χ1v) is 7.68. The van der Waals surface area contributed by atoms with Crippen LogP contribution in [0.2, 0.25) is 0 Å². The SMILES string of the molecule is Cc1cnc(SNc2ccc(C)c3c(C#N)c[nH]c23)s1. The fourth-order valence-electron chi connectivity index (χ4n) is 2.07. The Morgan fingerprint density at radius 2 is 2.25 bits per heavy atom. The summed E-state index contributed by atoms with van der Waals surface area (Å²) in [5.41, 5.74) is 3.70. The van der Waals surface area contributed by atoms with Crippen LogP contribution in [0.5, 0.6) is 0 Å². The average molecular weight is 300 g/mol. The first-order chi connectivity index (χ1) is 9.69. The molecule has 20 heavy (non-hydrogen) atoms. The molecule has 6 heteroatoms. The third kappa shape index (κ3) is 2.26. The van der Waals surface area contributed by atoms with Gasteiger partial charge >= 0.3 is 0 Å². The van der Waals surface area contributed by atoms with Gasteiger partial charge in [0, 0.05) is 34.6 Å². The summed E-state index contributed by atoms with van der Waals surface area (Å²) in [4.78, 5) is 8.67. The standard InChI is InChI=1S/C14H12N4S2/c1-8-3-4-11(13-12(8)10(5-15)7-16-13)18-20-14-17-6-9(2)19-14/h3-4,6-7,16,18H,1-2H3. The van der Waals surface area contributed by atoms with Crippen LogP contribution < -0.4 is 4.72 Å². The molecule has 0 amide bonds. The molecule has 0 spiro atoms. The molecule has 3 rings (SSSR count). The van der Waals surface area contributed by atoms with E-state index < -0.39 is 0 Å². The van der Waals surface area contributed by atoms with Gasteiger partial charge in [-0.1, -0.05) is 6.07 Å². The highest BCUT2D eigenvalue weighted by Gasteiger charge is 2.10. The van der Waals surface area contributed by atoms with Crippen LogP contribution >= 0.6 is 23.3 Å². The molecule has 1 aromatic carbocycles. The minimum absolute atomic E-state index is 0.677. The molecule has 3 aromatic rings. The van der Waals surface area contributed by atoms with Gasteiger partial charge in [0.15, 0.2) is 4.34 Å². The van der Waals surface area contributed by atoms with E-state index in [9.17, 15) is 0 Å². The lowest BCUT2D eigenvalue weighted by Gasteiger charge is -2.06. The molecule has 0 saturated heterocycles. The lowest BCUT2D eigenvalue weighted by Crippen LogP contribution is -1.89. The number of thiazole rings is 1. The normalized spacial score (nSPS) is 10.7. The van der Waals surface area contributed by atoms with Gasteiger partial charge in [-0.05, 0) is 25.5 Å². The van der Waals surface area contributed by atoms with Crippen LogP contribution in [0.3, 0.4) is 0 Å². The van der Waals surface area contributed by atoms with E-state index in [4.69, 9.17) is 5.26 Å². The zero-order chi connectivity index (χ0) is 14.1. The van der Waals surface area contributed by atoms with Gasteiger partial charge < -0.3 is 9.71 Å². The molecule has 0 aliphatic rings. The van der Waals surface area contributed by atoms with Crippen LogP contribution in [-0.2, 0) is 0 Å². The van der Waals surface area contributed by atoms with Gasteiger partial charge in [-0.15, -0.1) is 11.3 Å². The van der Waals surface area contributed by atoms with Gasteiger partial charge in [-0.25, -0.2) is 4.98 Å². The summed E-state index contributed by atoms with van der Waals surface area (Å²) < 4.78 is 4.28. The van der Waals surface area contributed by atoms with Crippen molar-refractivity contribution in [2.45, 2.75) is 18.2 Å². The highest BCUT2D eigenvalue weighted by atomic mass is 32.2. The zero-order valence-corrected chi connectivity index (χ0v) is 12.7. The van der Waals surface area contributed by atoms with Crippen LogP contribution in [0.15, 0.2) is 28.9 Å². The second kappa shape index (κ2) is 5.19. The van der Waals surface area contributed by atoms with Crippen molar-refractivity contribution in [1.82, 2.24) is 9.97 Å². The summed E-state index contributed by atoms with van der Waals surface area (Å²) in [6, 6.07) is 6.26. The third-order valence-electron chi connectivity index (χ3n) is 3.01. The average Bonchev–Trinajstić information content (AvgIpc) is 3.05. The number of nitriles is 1. The summed E-state index contributed by atoms with van der Waals surface area (Å²) in [6.07, 6.45) is 3.61. The van der Waals surface area contributed by atoms with Crippen molar-refractivity contribution in [3.8, 4) is 6.07 Å². The molecule has 2 heterocycles. The predicted octanol–water partition coefficient (Wildman–Crippen LogP) is 4.23. The van der Waals surface area contributed by atoms with Crippen molar-refractivity contribution in [2.75, 3.05) is 4.72 Å². The molecule has 2 aromatic heterocycles. The number of aromatic amines is 1. The Morgan fingerprint density at radius 3 is 2.95 bits per heavy atom. The van der Waals surface area contributed by atoms with Crippen LogP contribution in [-0.4, -0.2) is 9.97 Å². The van der Waals surface area contributed by atoms with E-state index in [1.165, 1.54) is 16.8 Å². The zero-order valence-electron chi connectivity index (χ0n) is 11.0. The van der Waals surface area contributed by atoms with E-state index in [2.05, 4.69) is 20.8 Å². The van der Waals surface area contributed by atoms with Crippen molar-refractivity contribution in [3.05, 3.63) is 40.5 Å². The number of nitrogens with zero attached hydrogens (tertiary/aromatic N) is 2. The summed E-state index contributed by atoms with van der Waals surface area (Å²) in [5, 5.41) is 10.1. The number of aromatic nitrogens is 2. The number of benzene rings is 1. The largest absolute Gasteiger partial charge is 0.358 e. The Labute approximate surface area is 125 Å². The van der Waals surface area contributed by atoms with Gasteiger partial charge in [-0.3, -0.25) is 0 Å². The molecular formula is C14H12N4S2. The molecule has 2 N–H and O–H groups in total. The Hall–Kier alpha value is -1.97. The van der Waals surface area contributed by atoms with Gasteiger partial charge in [-0.2, -0.15) is 5.26 Å². The first-order valence-electron chi connectivity index (χ1n) is 6.05. The summed E-state index contributed by atoms with van der Waals surface area (Å²) in [5.74, 6) is 0. The third-order valence-corrected chi connectivity index (χ3v) is 4.82. The molecule has 0 saturated carbocycles. The molecule has 0 unspecified atom stereocenters. The van der Waals surface area contributed by atoms with Gasteiger partial charge in [0.1, 0.15) is 6.07 Å². The maximum atomic E-state index is 9.15. The van der Waals surface area contributed by atoms with E-state index in [0.717, 1.165) is 26.5 Å². The Morgan fingerprint density at radius 1 is 1.40 bits per heavy atom. The molecule has 0 atom stereocenters. The number of hydrogen-bond donors (Lipinski definition) is 2. The van der Waals surface area contributed by atoms with Gasteiger partial charge in [0.25, 0.3) is 0 Å². The maximum absolute atomic E-state index is 9.15. The molecule has 0 aliphatic heterocycles. The van der Waals surface area contributed by atoms with Crippen LogP contribution in [0, 0.1) is 25.2 Å². The molecule has 0 aliphatic carbocycles. The lowest BCUT2D eigenvalue weighted by molar-refractivity contribution is 1.24. The van der Waals surface area contributed by atoms with Crippen LogP contribution in [0.1, 0.15) is 16.0 Å². The Bertz CT molecular complexity index is 810. The molecule has 0 fully saturated rings. The van der Waals surface area contributed by atoms with E-state index in [0.29, 0.717) is 5.56 Å². The second-order valence-corrected chi connectivity index (χ2v) is 6.72. The molecular weight excluding hydrogens is 288 g/mol. The molecule has 4 nitrogen and oxygen atoms in total. The Balaban J connectivity index is 1.94. The minimum atomic E-state index is 0.677. The highest BCUT2D eigenvalue weighted by molar-refractivity contribution is 8.02. The predicted molar refractivity (Wildman–Crippen MR) is 84.1 cm³/mol. The quantitative estimate of drug-likeness (QED) is 0.710. The maximum Gasteiger partial charge on any atom is 0.170 e. The number of nitrogens with one attached hydrogen (secondary N) is 2. The van der Waals surface area contributed by atoms with Gasteiger partial charge in [0.05, 0.1) is 16.8 Å². The second-order valence-electron chi connectivity index (χ2n) is 4.44. The van der Waals surface area contributed by atoms with Crippen molar-refractivity contribution in [3.63, 3.8) is 0 Å². The van der Waals surface area contributed by atoms with E-state index in [1.54, 1.807) is 17.5 Å². The highest BCUT2D eigenvalue weighted by Crippen LogP contribution is 2.32. The Kier molecular flexibility index (Phi) is 3.38. The number of anilines is 1. The van der Waals surface area contributed by atoms with Crippen molar-refractivity contribution in [1.29, 1.82) is 5.26 Å². The van der Waals surface area contributed by atoms with Crippen molar-refractivity contribution < 1.29 is 0 Å². The minimum Gasteiger partial charge on any atom is -0.358 e. The van der Waals surface area contributed by atoms with E-state index >= 15 is 0 Å². The van der Waals surface area contributed by atoms with Gasteiger partial charge in [0.2, 0.25) is 0 Å². The number of fused-ring (bicyclic) bond motifs is 1. The number of rotatable bonds is 3.